The number of piperidine rings is 1. The number of nitrogens with one attached hydrogen (secondary N) is 1. The molecular weight excluding hydrogens is 467 g/mol. The van der Waals surface area contributed by atoms with Crippen molar-refractivity contribution < 1.29 is 26.4 Å². The molecule has 1 amide bonds. The second kappa shape index (κ2) is 10.9. The van der Waals surface area contributed by atoms with Crippen LogP contribution in [-0.2, 0) is 27.5 Å². The number of hydrogen-bond donors (Lipinski definition) is 1. The summed E-state index contributed by atoms with van der Waals surface area (Å²) in [4.78, 5) is 13.9. The normalized spacial score (nSPS) is 15.8. The molecule has 1 N–H and O–H groups in total. The number of benzene rings is 2. The number of carbonyl (C=O) groups is 1. The van der Waals surface area contributed by atoms with Crippen LogP contribution in [0.3, 0.4) is 0 Å². The lowest BCUT2D eigenvalue weighted by atomic mass is 10.0. The summed E-state index contributed by atoms with van der Waals surface area (Å²) in [7, 11) is -4.15. The fourth-order valence-electron chi connectivity index (χ4n) is 4.24. The van der Waals surface area contributed by atoms with E-state index >= 15 is 0 Å². The Balaban J connectivity index is 1.63. The molecule has 0 aromatic heterocycles. The third kappa shape index (κ3) is 6.37. The lowest BCUT2D eigenvalue weighted by molar-refractivity contribution is -0.137. The van der Waals surface area contributed by atoms with Crippen molar-refractivity contribution in [3.63, 3.8) is 0 Å². The van der Waals surface area contributed by atoms with Crippen molar-refractivity contribution >= 4 is 15.9 Å². The highest BCUT2D eigenvalue weighted by Crippen LogP contribution is 2.33. The van der Waals surface area contributed by atoms with Crippen LogP contribution in [0.15, 0.2) is 59.5 Å². The highest BCUT2D eigenvalue weighted by atomic mass is 32.2. The number of nitrogens with zero attached hydrogens (tertiary/aromatic N) is 2. The lowest BCUT2D eigenvalue weighted by Gasteiger charge is -2.39. The molecule has 0 unspecified atom stereocenters. The minimum atomic E-state index is -4.63. The van der Waals surface area contributed by atoms with E-state index in [0.29, 0.717) is 38.5 Å². The molecule has 1 aliphatic heterocycles. The molecule has 6 nitrogen and oxygen atoms in total. The first-order chi connectivity index (χ1) is 16.0. The second-order valence-corrected chi connectivity index (χ2v) is 10.5. The third-order valence-corrected chi connectivity index (χ3v) is 8.00. The van der Waals surface area contributed by atoms with E-state index in [1.807, 2.05) is 30.3 Å². The van der Waals surface area contributed by atoms with Crippen LogP contribution in [0, 0.1) is 0 Å². The molecule has 186 valence electrons. The van der Waals surface area contributed by atoms with Gasteiger partial charge in [0.15, 0.2) is 0 Å². The Morgan fingerprint density at radius 3 is 2.32 bits per heavy atom. The fraction of sp³-hybridized carbons (Fsp3) is 0.458. The molecule has 0 spiro atoms. The molecule has 0 atom stereocenters. The number of halogens is 3. The Bertz CT molecular complexity index is 1070. The Labute approximate surface area is 198 Å². The van der Waals surface area contributed by atoms with Crippen molar-refractivity contribution in [2.24, 2.45) is 0 Å². The standard InChI is InChI=1S/C24H30F3N3O3S/c1-18(2)30(34(32,33)22-10-6-9-20(15-22)24(25,26)27)21-11-13-29(14-12-21)23(31)17-28-16-19-7-4-3-5-8-19/h3-10,15,18,21,28H,11-14,16-17H2,1-2H3. The Morgan fingerprint density at radius 2 is 1.74 bits per heavy atom. The monoisotopic (exact) mass is 497 g/mol. The molecule has 34 heavy (non-hydrogen) atoms. The van der Waals surface area contributed by atoms with Crippen LogP contribution in [0.1, 0.15) is 37.8 Å². The molecule has 1 heterocycles. The Morgan fingerprint density at radius 1 is 1.09 bits per heavy atom. The first-order valence-corrected chi connectivity index (χ1v) is 12.7. The van der Waals surface area contributed by atoms with Gasteiger partial charge in [-0.3, -0.25) is 4.79 Å². The smallest absolute Gasteiger partial charge is 0.341 e. The van der Waals surface area contributed by atoms with Gasteiger partial charge in [-0.2, -0.15) is 17.5 Å². The van der Waals surface area contributed by atoms with Crippen molar-refractivity contribution in [2.45, 2.75) is 56.4 Å². The molecule has 1 aliphatic rings. The predicted molar refractivity (Wildman–Crippen MR) is 123 cm³/mol. The molecule has 0 radical (unpaired) electrons. The van der Waals surface area contributed by atoms with Gasteiger partial charge in [-0.25, -0.2) is 8.42 Å². The average Bonchev–Trinajstić information content (AvgIpc) is 2.79. The SMILES string of the molecule is CC(C)N(C1CCN(C(=O)CNCc2ccccc2)CC1)S(=O)(=O)c1cccc(C(F)(F)F)c1. The van der Waals surface area contributed by atoms with Gasteiger partial charge in [0.2, 0.25) is 15.9 Å². The van der Waals surface area contributed by atoms with Crippen LogP contribution in [0.2, 0.25) is 0 Å². The lowest BCUT2D eigenvalue weighted by Crippen LogP contribution is -2.52. The summed E-state index contributed by atoms with van der Waals surface area (Å²) >= 11 is 0. The summed E-state index contributed by atoms with van der Waals surface area (Å²) in [6.07, 6.45) is -3.80. The van der Waals surface area contributed by atoms with Gasteiger partial charge in [0.05, 0.1) is 17.0 Å². The van der Waals surface area contributed by atoms with Gasteiger partial charge >= 0.3 is 6.18 Å². The van der Waals surface area contributed by atoms with Gasteiger partial charge in [0, 0.05) is 31.7 Å². The van der Waals surface area contributed by atoms with Crippen LogP contribution >= 0.6 is 0 Å². The molecule has 10 heteroatoms. The van der Waals surface area contributed by atoms with Crippen molar-refractivity contribution in [3.8, 4) is 0 Å². The van der Waals surface area contributed by atoms with Crippen molar-refractivity contribution in [2.75, 3.05) is 19.6 Å². The van der Waals surface area contributed by atoms with Crippen LogP contribution < -0.4 is 5.32 Å². The number of rotatable bonds is 8. The summed E-state index contributed by atoms with van der Waals surface area (Å²) < 4.78 is 67.3. The van der Waals surface area contributed by atoms with Crippen molar-refractivity contribution in [3.05, 3.63) is 65.7 Å². The van der Waals surface area contributed by atoms with Crippen molar-refractivity contribution in [1.82, 2.24) is 14.5 Å². The fourth-order valence-corrected chi connectivity index (χ4v) is 6.17. The molecule has 2 aromatic carbocycles. The third-order valence-electron chi connectivity index (χ3n) is 5.87. The molecule has 0 aliphatic carbocycles. The summed E-state index contributed by atoms with van der Waals surface area (Å²) in [6.45, 7) is 4.93. The van der Waals surface area contributed by atoms with Gasteiger partial charge in [-0.05, 0) is 50.5 Å². The summed E-state index contributed by atoms with van der Waals surface area (Å²) in [6, 6.07) is 12.7. The summed E-state index contributed by atoms with van der Waals surface area (Å²) in [5, 5.41) is 3.12. The Hall–Kier alpha value is -2.43. The molecular formula is C24H30F3N3O3S. The van der Waals surface area contributed by atoms with Crippen LogP contribution in [0.4, 0.5) is 13.2 Å². The second-order valence-electron chi connectivity index (χ2n) is 8.66. The summed E-state index contributed by atoms with van der Waals surface area (Å²) in [5.41, 5.74) is 0.0714. The van der Waals surface area contributed by atoms with Gasteiger partial charge in [0.25, 0.3) is 0 Å². The first kappa shape index (κ1) is 26.2. The van der Waals surface area contributed by atoms with Crippen molar-refractivity contribution in [1.29, 1.82) is 0 Å². The molecule has 3 rings (SSSR count). The maximum atomic E-state index is 13.3. The number of sulfonamides is 1. The van der Waals surface area contributed by atoms with Gasteiger partial charge in [-0.15, -0.1) is 0 Å². The minimum absolute atomic E-state index is 0.0637. The van der Waals surface area contributed by atoms with E-state index in [1.54, 1.807) is 18.7 Å². The van der Waals surface area contributed by atoms with Gasteiger partial charge in [0.1, 0.15) is 0 Å². The van der Waals surface area contributed by atoms with E-state index in [4.69, 9.17) is 0 Å². The van der Waals surface area contributed by atoms with E-state index in [-0.39, 0.29) is 17.3 Å². The molecule has 2 aromatic rings. The predicted octanol–water partition coefficient (Wildman–Crippen LogP) is 3.89. The van der Waals surface area contributed by atoms with E-state index in [1.165, 1.54) is 10.4 Å². The largest absolute Gasteiger partial charge is 0.416 e. The van der Waals surface area contributed by atoms with E-state index in [0.717, 1.165) is 17.7 Å². The first-order valence-electron chi connectivity index (χ1n) is 11.2. The zero-order valence-electron chi connectivity index (χ0n) is 19.3. The zero-order valence-corrected chi connectivity index (χ0v) is 20.1. The number of amides is 1. The topological polar surface area (TPSA) is 69.7 Å². The van der Waals surface area contributed by atoms with Crippen LogP contribution in [0.5, 0.6) is 0 Å². The number of likely N-dealkylation sites (tertiary alicyclic amines) is 1. The molecule has 1 fully saturated rings. The highest BCUT2D eigenvalue weighted by Gasteiger charge is 2.38. The van der Waals surface area contributed by atoms with Gasteiger partial charge in [-0.1, -0.05) is 36.4 Å². The minimum Gasteiger partial charge on any atom is -0.341 e. The summed E-state index contributed by atoms with van der Waals surface area (Å²) in [5.74, 6) is -0.0637. The number of alkyl halides is 3. The van der Waals surface area contributed by atoms with E-state index in [2.05, 4.69) is 5.32 Å². The molecule has 0 bridgehead atoms. The van der Waals surface area contributed by atoms with Gasteiger partial charge < -0.3 is 10.2 Å². The van der Waals surface area contributed by atoms with E-state index in [9.17, 15) is 26.4 Å². The number of carbonyl (C=O) groups excluding carboxylic acids is 1. The number of hydrogen-bond acceptors (Lipinski definition) is 4. The molecule has 0 saturated carbocycles. The van der Waals surface area contributed by atoms with Crippen LogP contribution in [0.25, 0.3) is 0 Å². The van der Waals surface area contributed by atoms with Crippen LogP contribution in [-0.4, -0.2) is 55.2 Å². The highest BCUT2D eigenvalue weighted by molar-refractivity contribution is 7.89. The van der Waals surface area contributed by atoms with E-state index < -0.39 is 33.8 Å². The average molecular weight is 498 g/mol. The molecule has 1 saturated heterocycles. The zero-order chi connectivity index (χ0) is 24.9. The Kier molecular flexibility index (Phi) is 8.38. The maximum Gasteiger partial charge on any atom is 0.416 e. The maximum absolute atomic E-state index is 13.3. The quantitative estimate of drug-likeness (QED) is 0.601.